The summed E-state index contributed by atoms with van der Waals surface area (Å²) in [6.45, 7) is 2.29. The Labute approximate surface area is 187 Å². The zero-order chi connectivity index (χ0) is 16.0. The molecule has 3 aromatic carbocycles. The summed E-state index contributed by atoms with van der Waals surface area (Å²) in [5.41, 5.74) is 0. The Hall–Kier alpha value is -0.430. The second-order valence-electron chi connectivity index (χ2n) is 5.89. The van der Waals surface area contributed by atoms with E-state index in [1.807, 2.05) is 0 Å². The number of hydrogen-bond acceptors (Lipinski definition) is 0. The van der Waals surface area contributed by atoms with Gasteiger partial charge in [0.1, 0.15) is 23.2 Å². The van der Waals surface area contributed by atoms with Crippen molar-refractivity contribution in [2.24, 2.45) is 0 Å². The molecule has 0 unspecified atom stereocenters. The first-order valence-corrected chi connectivity index (χ1v) is 10.4. The van der Waals surface area contributed by atoms with Crippen LogP contribution >= 0.6 is 7.26 Å². The zero-order valence-electron chi connectivity index (χ0n) is 16.1. The predicted molar refractivity (Wildman–Crippen MR) is 106 cm³/mol. The van der Waals surface area contributed by atoms with Crippen LogP contribution in [0, 0.1) is 0 Å². The van der Waals surface area contributed by atoms with E-state index in [1.165, 1.54) is 34.9 Å². The molecule has 126 valence electrons. The van der Waals surface area contributed by atoms with Crippen LogP contribution in [0.2, 0.25) is 0 Å². The van der Waals surface area contributed by atoms with Crippen LogP contribution in [-0.4, -0.2) is 6.16 Å². The fourth-order valence-electron chi connectivity index (χ4n) is 3.28. The van der Waals surface area contributed by atoms with E-state index in [1.54, 1.807) is 0 Å². The third kappa shape index (κ3) is 5.06. The molecule has 0 aliphatic rings. The summed E-state index contributed by atoms with van der Waals surface area (Å²) in [5, 5.41) is 4.47. The zero-order valence-corrected chi connectivity index (χ0v) is 19.6. The molecule has 3 heteroatoms. The molecule has 0 N–H and O–H groups in total. The van der Waals surface area contributed by atoms with Crippen LogP contribution in [0.1, 0.15) is 21.2 Å². The monoisotopic (exact) mass is 422 g/mol. The van der Waals surface area contributed by atoms with Crippen LogP contribution in [0.5, 0.6) is 0 Å². The van der Waals surface area contributed by atoms with E-state index in [9.17, 15) is 0 Å². The van der Waals surface area contributed by atoms with Gasteiger partial charge in [-0.3, -0.25) is 0 Å². The Morgan fingerprint density at radius 3 is 1.24 bits per heavy atom. The molecular weight excluding hydrogens is 398 g/mol. The molecule has 0 atom stereocenters. The topological polar surface area (TPSA) is 0 Å². The minimum atomic E-state index is -1.57. The largest absolute Gasteiger partial charge is 1.00 e. The van der Waals surface area contributed by atoms with Crippen LogP contribution in [0.3, 0.4) is 0 Å². The summed E-state index contributed by atoms with van der Waals surface area (Å²) in [7, 11) is -1.57. The summed E-state index contributed by atoms with van der Waals surface area (Å²) in [4.78, 5) is 0. The van der Waals surface area contributed by atoms with Crippen molar-refractivity contribution < 1.29 is 48.0 Å². The van der Waals surface area contributed by atoms with E-state index < -0.39 is 7.26 Å². The van der Waals surface area contributed by atoms with Crippen molar-refractivity contribution in [2.75, 3.05) is 6.16 Å². The van der Waals surface area contributed by atoms with E-state index >= 15 is 0 Å². The van der Waals surface area contributed by atoms with Crippen LogP contribution in [0.15, 0.2) is 91.0 Å². The van der Waals surface area contributed by atoms with Crippen molar-refractivity contribution >= 4 is 23.2 Å². The van der Waals surface area contributed by atoms with Gasteiger partial charge in [-0.05, 0) is 42.8 Å². The van der Waals surface area contributed by atoms with Gasteiger partial charge in [-0.15, -0.1) is 0 Å². The molecule has 0 amide bonds. The van der Waals surface area contributed by atoms with Gasteiger partial charge in [0.15, 0.2) is 0 Å². The summed E-state index contributed by atoms with van der Waals surface area (Å²) < 4.78 is 0. The molecule has 3 aromatic rings. The summed E-state index contributed by atoms with van der Waals surface area (Å²) in [6.07, 6.45) is 3.72. The first-order valence-electron chi connectivity index (χ1n) is 8.43. The number of rotatable bonds is 6. The van der Waals surface area contributed by atoms with Crippen molar-refractivity contribution in [2.45, 2.75) is 19.8 Å². The average molecular weight is 423 g/mol. The minimum Gasteiger partial charge on any atom is -1.00 e. The van der Waals surface area contributed by atoms with Gasteiger partial charge >= 0.3 is 29.6 Å². The Kier molecular flexibility index (Phi) is 10.2. The molecule has 3 rings (SSSR count). The summed E-state index contributed by atoms with van der Waals surface area (Å²) in [6, 6.07) is 33.4. The minimum absolute atomic E-state index is 0. The fourth-order valence-corrected chi connectivity index (χ4v) is 7.78. The SMILES string of the molecule is CCCC[P+](c1ccccc1)(c1ccccc1)c1ccccc1.[Br-].[H-].[Na+]. The predicted octanol–water partition coefficient (Wildman–Crippen LogP) is -1.10. The third-order valence-electron chi connectivity index (χ3n) is 4.44. The second-order valence-corrected chi connectivity index (χ2v) is 9.51. The van der Waals surface area contributed by atoms with Crippen LogP contribution in [0.4, 0.5) is 0 Å². The van der Waals surface area contributed by atoms with Gasteiger partial charge in [0.05, 0.1) is 6.16 Å². The van der Waals surface area contributed by atoms with Crippen LogP contribution in [0.25, 0.3) is 0 Å². The molecule has 0 nitrogen and oxygen atoms in total. The molecule has 0 spiro atoms. The van der Waals surface area contributed by atoms with Crippen LogP contribution < -0.4 is 62.5 Å². The molecule has 0 fully saturated rings. The third-order valence-corrected chi connectivity index (χ3v) is 8.96. The van der Waals surface area contributed by atoms with Crippen molar-refractivity contribution in [1.82, 2.24) is 0 Å². The van der Waals surface area contributed by atoms with Gasteiger partial charge in [0.2, 0.25) is 0 Å². The molecule has 0 aliphatic heterocycles. The normalized spacial score (nSPS) is 10.4. The maximum absolute atomic E-state index is 2.32. The second kappa shape index (κ2) is 11.3. The van der Waals surface area contributed by atoms with Crippen molar-refractivity contribution in [3.05, 3.63) is 91.0 Å². The Morgan fingerprint density at radius 1 is 0.640 bits per heavy atom. The number of hydrogen-bond donors (Lipinski definition) is 0. The molecule has 0 saturated carbocycles. The first-order chi connectivity index (χ1) is 11.4. The van der Waals surface area contributed by atoms with Crippen molar-refractivity contribution in [1.29, 1.82) is 0 Å². The van der Waals surface area contributed by atoms with Gasteiger partial charge in [-0.2, -0.15) is 0 Å². The summed E-state index contributed by atoms with van der Waals surface area (Å²) >= 11 is 0. The van der Waals surface area contributed by atoms with E-state index in [4.69, 9.17) is 0 Å². The fraction of sp³-hybridized carbons (Fsp3) is 0.182. The maximum atomic E-state index is 2.32. The Balaban J connectivity index is 0.00000208. The average Bonchev–Trinajstić information content (AvgIpc) is 2.65. The molecule has 25 heavy (non-hydrogen) atoms. The van der Waals surface area contributed by atoms with Gasteiger partial charge in [-0.25, -0.2) is 0 Å². The number of halogens is 1. The van der Waals surface area contributed by atoms with E-state index in [2.05, 4.69) is 97.9 Å². The van der Waals surface area contributed by atoms with E-state index in [-0.39, 0.29) is 48.0 Å². The molecule has 0 heterocycles. The molecular formula is C22H25BrNaP. The molecule has 0 saturated heterocycles. The number of unbranched alkanes of at least 4 members (excludes halogenated alkanes) is 1. The first kappa shape index (κ1) is 22.6. The standard InChI is InChI=1S/C22H24P.BrH.Na.H/c1-2-3-19-23(20-13-7-4-8-14-20,21-15-9-5-10-16-21)22-17-11-6-12-18-22;;;/h4-18H,2-3,19H2,1H3;1H;;/q+1;;+1;-1/p-1. The quantitative estimate of drug-likeness (QED) is 0.349. The van der Waals surface area contributed by atoms with Gasteiger partial charge in [0.25, 0.3) is 0 Å². The Bertz CT molecular complexity index is 626. The Morgan fingerprint density at radius 2 is 0.960 bits per heavy atom. The van der Waals surface area contributed by atoms with Crippen molar-refractivity contribution in [3.63, 3.8) is 0 Å². The summed E-state index contributed by atoms with van der Waals surface area (Å²) in [5.74, 6) is 0. The van der Waals surface area contributed by atoms with E-state index in [0.717, 1.165) is 0 Å². The van der Waals surface area contributed by atoms with E-state index in [0.29, 0.717) is 0 Å². The molecule has 0 bridgehead atoms. The van der Waals surface area contributed by atoms with Gasteiger partial charge in [-0.1, -0.05) is 67.9 Å². The smallest absolute Gasteiger partial charge is 1.00 e. The van der Waals surface area contributed by atoms with Gasteiger partial charge in [0, 0.05) is 0 Å². The number of benzene rings is 3. The molecule has 0 aromatic heterocycles. The molecule has 0 radical (unpaired) electrons. The van der Waals surface area contributed by atoms with Crippen LogP contribution in [-0.2, 0) is 0 Å². The molecule has 0 aliphatic carbocycles. The maximum Gasteiger partial charge on any atom is 1.00 e. The van der Waals surface area contributed by atoms with Crippen molar-refractivity contribution in [3.8, 4) is 0 Å². The van der Waals surface area contributed by atoms with Gasteiger partial charge < -0.3 is 18.4 Å².